The summed E-state index contributed by atoms with van der Waals surface area (Å²) in [4.78, 5) is 12.1. The van der Waals surface area contributed by atoms with Gasteiger partial charge in [0.05, 0.1) is 0 Å². The highest BCUT2D eigenvalue weighted by molar-refractivity contribution is 5.94. The quantitative estimate of drug-likeness (QED) is 0.807. The first-order valence-electron chi connectivity index (χ1n) is 6.84. The summed E-state index contributed by atoms with van der Waals surface area (Å²) in [6.07, 6.45) is 4.38. The molecule has 0 aromatic heterocycles. The normalized spacial score (nSPS) is 21.7. The molecule has 18 heavy (non-hydrogen) atoms. The van der Waals surface area contributed by atoms with Gasteiger partial charge in [0.1, 0.15) is 0 Å². The zero-order valence-electron chi connectivity index (χ0n) is 11.0. The fourth-order valence-corrected chi connectivity index (χ4v) is 2.40. The third-order valence-corrected chi connectivity index (χ3v) is 3.52. The number of rotatable bonds is 6. The van der Waals surface area contributed by atoms with Crippen LogP contribution in [0.1, 0.15) is 42.1 Å². The average Bonchev–Trinajstić information content (AvgIpc) is 3.08. The van der Waals surface area contributed by atoms with Crippen LogP contribution >= 0.6 is 0 Å². The molecule has 3 nitrogen and oxygen atoms in total. The molecular formula is C15H22N2O. The molecule has 2 atom stereocenters. The Kier molecular flexibility index (Phi) is 4.37. The summed E-state index contributed by atoms with van der Waals surface area (Å²) in [6.45, 7) is 2.81. The third kappa shape index (κ3) is 3.33. The van der Waals surface area contributed by atoms with Crippen LogP contribution in [0.25, 0.3) is 0 Å². The minimum absolute atomic E-state index is 0.0532. The number of amides is 1. The molecule has 2 unspecified atom stereocenters. The highest BCUT2D eigenvalue weighted by atomic mass is 16.1. The van der Waals surface area contributed by atoms with Crippen molar-refractivity contribution in [2.24, 2.45) is 11.7 Å². The van der Waals surface area contributed by atoms with Crippen molar-refractivity contribution in [3.8, 4) is 0 Å². The second-order valence-electron chi connectivity index (χ2n) is 5.10. The zero-order valence-corrected chi connectivity index (χ0v) is 11.0. The van der Waals surface area contributed by atoms with Gasteiger partial charge in [-0.05, 0) is 49.4 Å². The number of benzene rings is 1. The van der Waals surface area contributed by atoms with Crippen LogP contribution in [0.15, 0.2) is 24.3 Å². The van der Waals surface area contributed by atoms with Gasteiger partial charge in [-0.15, -0.1) is 0 Å². The van der Waals surface area contributed by atoms with E-state index in [1.54, 1.807) is 0 Å². The van der Waals surface area contributed by atoms with Crippen LogP contribution in [0.2, 0.25) is 0 Å². The van der Waals surface area contributed by atoms with Crippen LogP contribution < -0.4 is 11.1 Å². The second-order valence-corrected chi connectivity index (χ2v) is 5.10. The lowest BCUT2D eigenvalue weighted by Gasteiger charge is -2.06. The van der Waals surface area contributed by atoms with E-state index in [0.717, 1.165) is 24.0 Å². The van der Waals surface area contributed by atoms with E-state index < -0.39 is 0 Å². The monoisotopic (exact) mass is 246 g/mol. The van der Waals surface area contributed by atoms with Crippen LogP contribution in [0.5, 0.6) is 0 Å². The Morgan fingerprint density at radius 3 is 3.06 bits per heavy atom. The number of nitrogens with one attached hydrogen (secondary N) is 1. The summed E-state index contributed by atoms with van der Waals surface area (Å²) in [7, 11) is 0. The Balaban J connectivity index is 1.91. The fourth-order valence-electron chi connectivity index (χ4n) is 2.40. The summed E-state index contributed by atoms with van der Waals surface area (Å²) in [5.41, 5.74) is 7.41. The van der Waals surface area contributed by atoms with E-state index in [1.165, 1.54) is 12.8 Å². The van der Waals surface area contributed by atoms with Crippen LogP contribution in [-0.4, -0.2) is 18.5 Å². The third-order valence-electron chi connectivity index (χ3n) is 3.52. The molecule has 0 radical (unpaired) electrons. The van der Waals surface area contributed by atoms with E-state index in [-0.39, 0.29) is 5.91 Å². The van der Waals surface area contributed by atoms with Gasteiger partial charge >= 0.3 is 0 Å². The zero-order chi connectivity index (χ0) is 13.0. The summed E-state index contributed by atoms with van der Waals surface area (Å²) in [5.74, 6) is 0.753. The summed E-state index contributed by atoms with van der Waals surface area (Å²) in [6, 6.07) is 8.15. The molecule has 3 N–H and O–H groups in total. The van der Waals surface area contributed by atoms with E-state index in [0.29, 0.717) is 18.5 Å². The maximum atomic E-state index is 12.1. The van der Waals surface area contributed by atoms with Crippen LogP contribution in [0.3, 0.4) is 0 Å². The number of hydrogen-bond donors (Lipinski definition) is 2. The summed E-state index contributed by atoms with van der Waals surface area (Å²) >= 11 is 0. The van der Waals surface area contributed by atoms with Gasteiger partial charge in [-0.1, -0.05) is 25.5 Å². The average molecular weight is 246 g/mol. The molecule has 1 aliphatic carbocycles. The molecule has 1 aliphatic rings. The topological polar surface area (TPSA) is 55.1 Å². The second kappa shape index (κ2) is 6.01. The number of carbonyl (C=O) groups excluding carboxylic acids is 1. The molecule has 0 spiro atoms. The Labute approximate surface area is 109 Å². The van der Waals surface area contributed by atoms with Crippen molar-refractivity contribution in [1.29, 1.82) is 0 Å². The molecule has 1 fully saturated rings. The maximum Gasteiger partial charge on any atom is 0.251 e. The van der Waals surface area contributed by atoms with Crippen molar-refractivity contribution in [2.45, 2.75) is 38.6 Å². The van der Waals surface area contributed by atoms with Crippen LogP contribution in [0, 0.1) is 5.92 Å². The standard InChI is InChI=1S/C15H22N2O/c1-2-4-12-10-14(12)17-15(18)13-6-3-5-11(9-13)7-8-16/h3,5-6,9,12,14H,2,4,7-8,10,16H2,1H3,(H,17,18). The van der Waals surface area contributed by atoms with Crippen LogP contribution in [-0.2, 0) is 6.42 Å². The lowest BCUT2D eigenvalue weighted by Crippen LogP contribution is -2.26. The Bertz CT molecular complexity index is 417. The van der Waals surface area contributed by atoms with Gasteiger partial charge < -0.3 is 11.1 Å². The van der Waals surface area contributed by atoms with Crippen LogP contribution in [0.4, 0.5) is 0 Å². The van der Waals surface area contributed by atoms with Gasteiger partial charge in [-0.3, -0.25) is 4.79 Å². The molecule has 0 saturated heterocycles. The van der Waals surface area contributed by atoms with Gasteiger partial charge in [-0.2, -0.15) is 0 Å². The first kappa shape index (κ1) is 13.1. The Hall–Kier alpha value is -1.35. The van der Waals surface area contributed by atoms with Crippen molar-refractivity contribution in [2.75, 3.05) is 6.54 Å². The van der Waals surface area contributed by atoms with Crippen molar-refractivity contribution in [3.05, 3.63) is 35.4 Å². The van der Waals surface area contributed by atoms with Crippen molar-refractivity contribution in [3.63, 3.8) is 0 Å². The number of nitrogens with two attached hydrogens (primary N) is 1. The van der Waals surface area contributed by atoms with E-state index in [9.17, 15) is 4.79 Å². The van der Waals surface area contributed by atoms with E-state index >= 15 is 0 Å². The summed E-state index contributed by atoms with van der Waals surface area (Å²) in [5, 5.41) is 3.10. The minimum Gasteiger partial charge on any atom is -0.349 e. The molecule has 3 heteroatoms. The molecule has 0 aliphatic heterocycles. The predicted octanol–water partition coefficient (Wildman–Crippen LogP) is 2.11. The molecule has 0 bridgehead atoms. The molecule has 2 rings (SSSR count). The highest BCUT2D eigenvalue weighted by Crippen LogP contribution is 2.34. The number of hydrogen-bond acceptors (Lipinski definition) is 2. The number of carbonyl (C=O) groups is 1. The Morgan fingerprint density at radius 1 is 1.50 bits per heavy atom. The molecule has 1 aromatic carbocycles. The van der Waals surface area contributed by atoms with Gasteiger partial charge in [0.15, 0.2) is 0 Å². The molecule has 1 amide bonds. The van der Waals surface area contributed by atoms with E-state index in [2.05, 4.69) is 12.2 Å². The largest absolute Gasteiger partial charge is 0.349 e. The first-order valence-corrected chi connectivity index (χ1v) is 6.84. The molecule has 98 valence electrons. The lowest BCUT2D eigenvalue weighted by molar-refractivity contribution is 0.0948. The van der Waals surface area contributed by atoms with Crippen molar-refractivity contribution in [1.82, 2.24) is 5.32 Å². The Morgan fingerprint density at radius 2 is 2.33 bits per heavy atom. The van der Waals surface area contributed by atoms with Gasteiger partial charge in [0.25, 0.3) is 5.91 Å². The molecular weight excluding hydrogens is 224 g/mol. The van der Waals surface area contributed by atoms with E-state index in [1.807, 2.05) is 24.3 Å². The van der Waals surface area contributed by atoms with Gasteiger partial charge in [0.2, 0.25) is 0 Å². The van der Waals surface area contributed by atoms with E-state index in [4.69, 9.17) is 5.73 Å². The minimum atomic E-state index is 0.0532. The smallest absolute Gasteiger partial charge is 0.251 e. The highest BCUT2D eigenvalue weighted by Gasteiger charge is 2.37. The predicted molar refractivity (Wildman–Crippen MR) is 73.5 cm³/mol. The first-order chi connectivity index (χ1) is 8.74. The summed E-state index contributed by atoms with van der Waals surface area (Å²) < 4.78 is 0. The maximum absolute atomic E-state index is 12.1. The SMILES string of the molecule is CCCC1CC1NC(=O)c1cccc(CCN)c1. The van der Waals surface area contributed by atoms with Gasteiger partial charge in [-0.25, -0.2) is 0 Å². The van der Waals surface area contributed by atoms with Crippen molar-refractivity contribution >= 4 is 5.91 Å². The fraction of sp³-hybridized carbons (Fsp3) is 0.533. The molecule has 0 heterocycles. The lowest BCUT2D eigenvalue weighted by atomic mass is 10.1. The van der Waals surface area contributed by atoms with Crippen molar-refractivity contribution < 1.29 is 4.79 Å². The molecule has 1 saturated carbocycles. The van der Waals surface area contributed by atoms with Gasteiger partial charge in [0, 0.05) is 11.6 Å². The molecule has 1 aromatic rings.